The number of amides is 1. The summed E-state index contributed by atoms with van der Waals surface area (Å²) < 4.78 is 44.3. The van der Waals surface area contributed by atoms with Gasteiger partial charge in [0.25, 0.3) is 11.8 Å². The summed E-state index contributed by atoms with van der Waals surface area (Å²) in [6, 6.07) is 7.66. The van der Waals surface area contributed by atoms with Crippen LogP contribution in [-0.4, -0.2) is 39.7 Å². The van der Waals surface area contributed by atoms with Crippen LogP contribution in [-0.2, 0) is 0 Å². The number of benzene rings is 1. The third-order valence-corrected chi connectivity index (χ3v) is 5.33. The number of hydrogen-bond donors (Lipinski definition) is 1. The first-order valence-electron chi connectivity index (χ1n) is 9.94. The maximum absolute atomic E-state index is 14.7. The van der Waals surface area contributed by atoms with Gasteiger partial charge in [0.1, 0.15) is 11.6 Å². The van der Waals surface area contributed by atoms with Crippen LogP contribution in [0.3, 0.4) is 0 Å². The van der Waals surface area contributed by atoms with E-state index in [1.807, 2.05) is 13.8 Å². The number of hydrogen-bond acceptors (Lipinski definition) is 4. The fourth-order valence-electron chi connectivity index (χ4n) is 3.80. The first kappa shape index (κ1) is 20.9. The van der Waals surface area contributed by atoms with Gasteiger partial charge in [0.15, 0.2) is 5.69 Å². The SMILES string of the molecule is CC(C)n1cc(-c2c(-c3ccccc3F)ccnc2N2CCC(F)(F)C2)c(C(N)=O)n1. The first-order valence-corrected chi connectivity index (χ1v) is 9.94. The van der Waals surface area contributed by atoms with Gasteiger partial charge in [-0.05, 0) is 31.5 Å². The van der Waals surface area contributed by atoms with Gasteiger partial charge in [-0.25, -0.2) is 18.2 Å². The minimum absolute atomic E-state index is 0.0218. The van der Waals surface area contributed by atoms with Crippen molar-refractivity contribution in [2.45, 2.75) is 32.2 Å². The number of rotatable bonds is 5. The molecule has 3 heterocycles. The van der Waals surface area contributed by atoms with Gasteiger partial charge in [-0.1, -0.05) is 18.2 Å². The molecule has 1 fully saturated rings. The van der Waals surface area contributed by atoms with E-state index in [-0.39, 0.29) is 36.1 Å². The maximum Gasteiger partial charge on any atom is 0.269 e. The normalized spacial score (nSPS) is 15.6. The molecule has 9 heteroatoms. The Hall–Kier alpha value is -3.36. The molecule has 0 spiro atoms. The molecular weight excluding hydrogens is 407 g/mol. The zero-order chi connectivity index (χ0) is 22.3. The number of nitrogens with zero attached hydrogens (tertiary/aromatic N) is 4. The van der Waals surface area contributed by atoms with Crippen LogP contribution in [0.15, 0.2) is 42.7 Å². The monoisotopic (exact) mass is 429 g/mol. The Morgan fingerprint density at radius 1 is 1.16 bits per heavy atom. The third kappa shape index (κ3) is 3.87. The summed E-state index contributed by atoms with van der Waals surface area (Å²) in [5, 5.41) is 4.29. The number of alkyl halides is 2. The number of anilines is 1. The molecule has 1 saturated heterocycles. The molecule has 0 radical (unpaired) electrons. The van der Waals surface area contributed by atoms with Gasteiger partial charge in [-0.15, -0.1) is 0 Å². The third-order valence-electron chi connectivity index (χ3n) is 5.33. The average Bonchev–Trinajstić information content (AvgIpc) is 3.31. The Kier molecular flexibility index (Phi) is 5.20. The van der Waals surface area contributed by atoms with Crippen LogP contribution in [0.4, 0.5) is 19.0 Å². The van der Waals surface area contributed by atoms with E-state index in [4.69, 9.17) is 5.73 Å². The average molecular weight is 429 g/mol. The molecular formula is C22H22F3N5O. The standard InChI is InChI=1S/C22H22F3N5O/c1-13(2)30-11-16(19(28-30)20(26)31)18-15(14-5-3-4-6-17(14)23)7-9-27-21(18)29-10-8-22(24,25)12-29/h3-7,9,11,13H,8,10,12H2,1-2H3,(H2,26,31). The van der Waals surface area contributed by atoms with Crippen LogP contribution in [0.1, 0.15) is 36.8 Å². The predicted octanol–water partition coefficient (Wildman–Crippen LogP) is 4.28. The smallest absolute Gasteiger partial charge is 0.269 e. The van der Waals surface area contributed by atoms with Gasteiger partial charge in [0.05, 0.1) is 6.54 Å². The Morgan fingerprint density at radius 2 is 1.90 bits per heavy atom. The predicted molar refractivity (Wildman–Crippen MR) is 112 cm³/mol. The minimum atomic E-state index is -2.86. The van der Waals surface area contributed by atoms with Crippen molar-refractivity contribution < 1.29 is 18.0 Å². The number of primary amides is 1. The minimum Gasteiger partial charge on any atom is -0.364 e. The molecule has 162 valence electrons. The van der Waals surface area contributed by atoms with E-state index in [0.717, 1.165) is 0 Å². The molecule has 0 unspecified atom stereocenters. The summed E-state index contributed by atoms with van der Waals surface area (Å²) in [4.78, 5) is 18.0. The van der Waals surface area contributed by atoms with Gasteiger partial charge in [-0.2, -0.15) is 5.10 Å². The van der Waals surface area contributed by atoms with Crippen molar-refractivity contribution >= 4 is 11.7 Å². The number of carbonyl (C=O) groups excluding carboxylic acids is 1. The fourth-order valence-corrected chi connectivity index (χ4v) is 3.80. The van der Waals surface area contributed by atoms with Gasteiger partial charge < -0.3 is 10.6 Å². The molecule has 31 heavy (non-hydrogen) atoms. The summed E-state index contributed by atoms with van der Waals surface area (Å²) in [6.45, 7) is 3.32. The summed E-state index contributed by atoms with van der Waals surface area (Å²) in [5.41, 5.74) is 6.93. The van der Waals surface area contributed by atoms with Gasteiger partial charge in [0.2, 0.25) is 0 Å². The number of nitrogens with two attached hydrogens (primary N) is 1. The van der Waals surface area contributed by atoms with Crippen molar-refractivity contribution in [1.82, 2.24) is 14.8 Å². The highest BCUT2D eigenvalue weighted by atomic mass is 19.3. The molecule has 2 N–H and O–H groups in total. The maximum atomic E-state index is 14.7. The highest BCUT2D eigenvalue weighted by Gasteiger charge is 2.40. The van der Waals surface area contributed by atoms with E-state index in [9.17, 15) is 18.0 Å². The van der Waals surface area contributed by atoms with E-state index in [1.54, 1.807) is 35.1 Å². The summed E-state index contributed by atoms with van der Waals surface area (Å²) in [5.74, 6) is -3.87. The molecule has 0 atom stereocenters. The van der Waals surface area contributed by atoms with Crippen molar-refractivity contribution in [3.63, 3.8) is 0 Å². The lowest BCUT2D eigenvalue weighted by atomic mass is 9.94. The first-order chi connectivity index (χ1) is 14.7. The van der Waals surface area contributed by atoms with E-state index in [2.05, 4.69) is 10.1 Å². The van der Waals surface area contributed by atoms with Crippen LogP contribution in [0.25, 0.3) is 22.3 Å². The van der Waals surface area contributed by atoms with Crippen LogP contribution in [0.5, 0.6) is 0 Å². The summed E-state index contributed by atoms with van der Waals surface area (Å²) in [7, 11) is 0. The Bertz CT molecular complexity index is 1140. The second-order valence-corrected chi connectivity index (χ2v) is 7.89. The lowest BCUT2D eigenvalue weighted by Crippen LogP contribution is -2.26. The molecule has 6 nitrogen and oxygen atoms in total. The molecule has 1 aliphatic heterocycles. The highest BCUT2D eigenvalue weighted by molar-refractivity contribution is 6.02. The molecule has 1 amide bonds. The van der Waals surface area contributed by atoms with Crippen LogP contribution >= 0.6 is 0 Å². The fraction of sp³-hybridized carbons (Fsp3) is 0.318. The zero-order valence-electron chi connectivity index (χ0n) is 17.1. The zero-order valence-corrected chi connectivity index (χ0v) is 17.1. The van der Waals surface area contributed by atoms with E-state index >= 15 is 0 Å². The molecule has 2 aromatic heterocycles. The number of halogens is 3. The Balaban J connectivity index is 2.02. The Labute approximate surface area is 177 Å². The van der Waals surface area contributed by atoms with Crippen molar-refractivity contribution in [1.29, 1.82) is 0 Å². The molecule has 0 saturated carbocycles. The van der Waals surface area contributed by atoms with Gasteiger partial charge in [0, 0.05) is 48.1 Å². The summed E-state index contributed by atoms with van der Waals surface area (Å²) in [6.07, 6.45) is 2.77. The lowest BCUT2D eigenvalue weighted by Gasteiger charge is -2.22. The molecule has 0 bridgehead atoms. The molecule has 4 rings (SSSR count). The number of aromatic nitrogens is 3. The van der Waals surface area contributed by atoms with Gasteiger partial charge in [-0.3, -0.25) is 9.48 Å². The van der Waals surface area contributed by atoms with Crippen LogP contribution in [0.2, 0.25) is 0 Å². The van der Waals surface area contributed by atoms with E-state index < -0.39 is 24.2 Å². The number of pyridine rings is 1. The topological polar surface area (TPSA) is 77.0 Å². The summed E-state index contributed by atoms with van der Waals surface area (Å²) >= 11 is 0. The molecule has 1 aromatic carbocycles. The van der Waals surface area contributed by atoms with Crippen molar-refractivity contribution in [3.8, 4) is 22.3 Å². The van der Waals surface area contributed by atoms with Crippen molar-refractivity contribution in [3.05, 3.63) is 54.2 Å². The largest absolute Gasteiger partial charge is 0.364 e. The van der Waals surface area contributed by atoms with Gasteiger partial charge >= 0.3 is 0 Å². The van der Waals surface area contributed by atoms with Crippen molar-refractivity contribution in [2.24, 2.45) is 5.73 Å². The molecule has 0 aliphatic carbocycles. The second kappa shape index (κ2) is 7.72. The van der Waals surface area contributed by atoms with E-state index in [0.29, 0.717) is 16.7 Å². The second-order valence-electron chi connectivity index (χ2n) is 7.89. The van der Waals surface area contributed by atoms with Crippen LogP contribution in [0, 0.1) is 5.82 Å². The Morgan fingerprint density at radius 3 is 2.52 bits per heavy atom. The number of carbonyl (C=O) groups is 1. The lowest BCUT2D eigenvalue weighted by molar-refractivity contribution is 0.0256. The van der Waals surface area contributed by atoms with Crippen molar-refractivity contribution in [2.75, 3.05) is 18.0 Å². The van der Waals surface area contributed by atoms with E-state index in [1.165, 1.54) is 17.2 Å². The molecule has 3 aromatic rings. The quantitative estimate of drug-likeness (QED) is 0.657. The highest BCUT2D eigenvalue weighted by Crippen LogP contribution is 2.43. The molecule has 1 aliphatic rings. The van der Waals surface area contributed by atoms with Crippen LogP contribution < -0.4 is 10.6 Å².